The molecule has 1 aliphatic heterocycles. The van der Waals surface area contributed by atoms with Crippen LogP contribution in [0.15, 0.2) is 67.1 Å². The monoisotopic (exact) mass is 811 g/mol. The third kappa shape index (κ3) is 8.24. The summed E-state index contributed by atoms with van der Waals surface area (Å²) < 4.78 is 63.1. The van der Waals surface area contributed by atoms with Crippen molar-refractivity contribution < 1.29 is 37.0 Å². The Balaban J connectivity index is 0.862. The van der Waals surface area contributed by atoms with Crippen LogP contribution in [-0.4, -0.2) is 82.1 Å². The van der Waals surface area contributed by atoms with E-state index >= 15 is 8.78 Å². The van der Waals surface area contributed by atoms with E-state index in [2.05, 4.69) is 43.2 Å². The van der Waals surface area contributed by atoms with E-state index in [-0.39, 0.29) is 30.2 Å². The fraction of sp³-hybridized carbons (Fsp3) is 0.432. The molecule has 3 aromatic carbocycles. The second-order valence-corrected chi connectivity index (χ2v) is 17.0. The number of ether oxygens (including phenoxy) is 3. The van der Waals surface area contributed by atoms with Crippen molar-refractivity contribution in [1.82, 2.24) is 30.0 Å². The standard InChI is InChI=1S/C44H48F3N7O5/c1-42(2,3)59-41(56)53-19-17-52(18-20-53)40-48-23-31(24-49-40)29-7-8-30-25-54(51-35(30)21-29)44-14-11-43(12-15-44,13-16-44)27-50-39(55)33-22-34(45)38(37(47)36(33)46)58-26-28-5-9-32(57-4)10-6-28/h5-10,21-25H,11-20,26-27H2,1-4H3,(H,50,55)/t43-,44+. The van der Waals surface area contributed by atoms with E-state index in [9.17, 15) is 14.0 Å². The molecular formula is C44H48F3N7O5. The number of fused-ring (bicyclic) bond motifs is 4. The predicted molar refractivity (Wildman–Crippen MR) is 215 cm³/mol. The van der Waals surface area contributed by atoms with E-state index < -0.39 is 40.3 Å². The first-order valence-corrected chi connectivity index (χ1v) is 20.0. The number of hydrogen-bond acceptors (Lipinski definition) is 9. The summed E-state index contributed by atoms with van der Waals surface area (Å²) >= 11 is 0. The maximum atomic E-state index is 15.1. The lowest BCUT2D eigenvalue weighted by atomic mass is 9.57. The number of amides is 2. The summed E-state index contributed by atoms with van der Waals surface area (Å²) in [5, 5.41) is 8.86. The lowest BCUT2D eigenvalue weighted by Gasteiger charge is -2.53. The Bertz CT molecular complexity index is 2330. The highest BCUT2D eigenvalue weighted by Crippen LogP contribution is 2.55. The van der Waals surface area contributed by atoms with E-state index in [1.807, 2.05) is 39.2 Å². The zero-order valence-electron chi connectivity index (χ0n) is 33.7. The SMILES string of the molecule is COc1ccc(COc2c(F)cc(C(=O)NC[C@]34CC[C@](n5cc6ccc(-c7cnc(N8CCN(C(=O)OC(C)(C)C)CC8)nc7)cc6n5)(CC3)CC4)c(F)c2F)cc1. The summed E-state index contributed by atoms with van der Waals surface area (Å²) in [5.41, 5.74) is 1.69. The molecule has 0 spiro atoms. The van der Waals surface area contributed by atoms with E-state index in [4.69, 9.17) is 19.3 Å². The highest BCUT2D eigenvalue weighted by Gasteiger charge is 2.50. The summed E-state index contributed by atoms with van der Waals surface area (Å²) in [6, 6.07) is 13.5. The Labute approximate surface area is 340 Å². The number of piperazine rings is 1. The molecule has 3 saturated carbocycles. The molecule has 0 atom stereocenters. The van der Waals surface area contributed by atoms with Crippen LogP contribution in [0, 0.1) is 22.9 Å². The van der Waals surface area contributed by atoms with Gasteiger partial charge in [0.15, 0.2) is 17.4 Å². The largest absolute Gasteiger partial charge is 0.497 e. The first-order chi connectivity index (χ1) is 28.2. The molecule has 0 unspecified atom stereocenters. The zero-order valence-corrected chi connectivity index (χ0v) is 33.7. The molecule has 2 amide bonds. The van der Waals surface area contributed by atoms with Crippen LogP contribution in [0.2, 0.25) is 0 Å². The summed E-state index contributed by atoms with van der Waals surface area (Å²) in [6.07, 6.45) is 10.4. The van der Waals surface area contributed by atoms with Crippen LogP contribution in [0.5, 0.6) is 11.5 Å². The van der Waals surface area contributed by atoms with Crippen molar-refractivity contribution in [2.24, 2.45) is 5.41 Å². The summed E-state index contributed by atoms with van der Waals surface area (Å²) in [5.74, 6) is -4.68. The molecule has 59 heavy (non-hydrogen) atoms. The van der Waals surface area contributed by atoms with Crippen LogP contribution < -0.4 is 19.7 Å². The van der Waals surface area contributed by atoms with Crippen LogP contribution in [0.1, 0.15) is 75.2 Å². The van der Waals surface area contributed by atoms with Crippen molar-refractivity contribution in [3.05, 3.63) is 95.7 Å². The molecule has 3 heterocycles. The molecule has 15 heteroatoms. The molecule has 4 aliphatic rings. The number of hydrogen-bond donors (Lipinski definition) is 1. The number of nitrogens with zero attached hydrogens (tertiary/aromatic N) is 6. The highest BCUT2D eigenvalue weighted by molar-refractivity contribution is 5.94. The minimum absolute atomic E-state index is 0.163. The lowest BCUT2D eigenvalue weighted by molar-refractivity contribution is -0.00564. The smallest absolute Gasteiger partial charge is 0.410 e. The number of nitrogens with one attached hydrogen (secondary N) is 1. The van der Waals surface area contributed by atoms with Crippen LogP contribution in [-0.2, 0) is 16.9 Å². The molecule has 1 N–H and O–H groups in total. The third-order valence-electron chi connectivity index (χ3n) is 12.1. The van der Waals surface area contributed by atoms with Crippen molar-refractivity contribution in [3.8, 4) is 22.6 Å². The van der Waals surface area contributed by atoms with Gasteiger partial charge in [-0.25, -0.2) is 23.5 Å². The fourth-order valence-corrected chi connectivity index (χ4v) is 8.46. The molecule has 4 fully saturated rings. The van der Waals surface area contributed by atoms with Gasteiger partial charge >= 0.3 is 6.09 Å². The van der Waals surface area contributed by atoms with E-state index in [1.165, 1.54) is 7.11 Å². The Morgan fingerprint density at radius 1 is 0.847 bits per heavy atom. The molecule has 0 radical (unpaired) electrons. The fourth-order valence-electron chi connectivity index (χ4n) is 8.46. The van der Waals surface area contributed by atoms with Crippen molar-refractivity contribution in [2.45, 2.75) is 77.0 Å². The topological polar surface area (TPSA) is 124 Å². The number of aromatic nitrogens is 4. The summed E-state index contributed by atoms with van der Waals surface area (Å²) in [6.45, 7) is 7.93. The second kappa shape index (κ2) is 15.7. The molecule has 3 aliphatic carbocycles. The maximum absolute atomic E-state index is 15.1. The first-order valence-electron chi connectivity index (χ1n) is 20.0. The number of halogens is 3. The van der Waals surface area contributed by atoms with Crippen LogP contribution in [0.25, 0.3) is 22.0 Å². The van der Waals surface area contributed by atoms with Gasteiger partial charge in [0.2, 0.25) is 11.8 Å². The Morgan fingerprint density at radius 3 is 2.17 bits per heavy atom. The number of rotatable bonds is 10. The molecule has 2 aromatic heterocycles. The minimum atomic E-state index is -1.55. The number of carbonyl (C=O) groups excluding carboxylic acids is 2. The van der Waals surface area contributed by atoms with Crippen LogP contribution >= 0.6 is 0 Å². The van der Waals surface area contributed by atoms with Crippen molar-refractivity contribution in [1.29, 1.82) is 0 Å². The summed E-state index contributed by atoms with van der Waals surface area (Å²) in [4.78, 5) is 38.7. The van der Waals surface area contributed by atoms with Gasteiger partial charge in [-0.1, -0.05) is 24.3 Å². The van der Waals surface area contributed by atoms with Gasteiger partial charge in [0.25, 0.3) is 5.91 Å². The van der Waals surface area contributed by atoms with E-state index in [1.54, 1.807) is 29.2 Å². The molecular weight excluding hydrogens is 764 g/mol. The van der Waals surface area contributed by atoms with E-state index in [0.29, 0.717) is 49.5 Å². The van der Waals surface area contributed by atoms with Gasteiger partial charge in [-0.15, -0.1) is 0 Å². The molecule has 310 valence electrons. The maximum Gasteiger partial charge on any atom is 0.410 e. The van der Waals surface area contributed by atoms with Gasteiger partial charge in [0, 0.05) is 62.3 Å². The predicted octanol–water partition coefficient (Wildman–Crippen LogP) is 8.03. The van der Waals surface area contributed by atoms with Crippen LogP contribution in [0.4, 0.5) is 23.9 Å². The van der Waals surface area contributed by atoms with Gasteiger partial charge < -0.3 is 29.3 Å². The molecule has 9 rings (SSSR count). The van der Waals surface area contributed by atoms with Gasteiger partial charge in [-0.05, 0) is 100 Å². The lowest BCUT2D eigenvalue weighted by Crippen LogP contribution is -2.51. The number of carbonyl (C=O) groups is 2. The molecule has 12 nitrogen and oxygen atoms in total. The normalized spacial score (nSPS) is 20.5. The Hall–Kier alpha value is -5.86. The first kappa shape index (κ1) is 39.9. The quantitative estimate of drug-likeness (QED) is 0.140. The number of methoxy groups -OCH3 is 1. The average Bonchev–Trinajstić information content (AvgIpc) is 3.69. The highest BCUT2D eigenvalue weighted by atomic mass is 19.2. The minimum Gasteiger partial charge on any atom is -0.497 e. The van der Waals surface area contributed by atoms with Gasteiger partial charge in [-0.3, -0.25) is 9.48 Å². The van der Waals surface area contributed by atoms with Crippen molar-refractivity contribution >= 4 is 28.9 Å². The van der Waals surface area contributed by atoms with E-state index in [0.717, 1.165) is 60.6 Å². The number of benzene rings is 3. The Kier molecular flexibility index (Phi) is 10.6. The summed E-state index contributed by atoms with van der Waals surface area (Å²) in [7, 11) is 1.52. The molecule has 2 bridgehead atoms. The number of anilines is 1. The van der Waals surface area contributed by atoms with Gasteiger partial charge in [0.1, 0.15) is 18.0 Å². The average molecular weight is 812 g/mol. The van der Waals surface area contributed by atoms with Crippen molar-refractivity contribution in [2.75, 3.05) is 44.7 Å². The van der Waals surface area contributed by atoms with Crippen LogP contribution in [0.3, 0.4) is 0 Å². The van der Waals surface area contributed by atoms with Gasteiger partial charge in [-0.2, -0.15) is 9.49 Å². The van der Waals surface area contributed by atoms with Gasteiger partial charge in [0.05, 0.1) is 23.7 Å². The third-order valence-corrected chi connectivity index (χ3v) is 12.1. The Morgan fingerprint density at radius 2 is 1.53 bits per heavy atom. The molecule has 1 saturated heterocycles. The second-order valence-electron chi connectivity index (χ2n) is 17.0. The zero-order chi connectivity index (χ0) is 41.5. The van der Waals surface area contributed by atoms with Crippen molar-refractivity contribution in [3.63, 3.8) is 0 Å². The molecule has 5 aromatic rings.